The van der Waals surface area contributed by atoms with Gasteiger partial charge in [-0.15, -0.1) is 11.8 Å². The second-order valence-corrected chi connectivity index (χ2v) is 15.9. The zero-order valence-corrected chi connectivity index (χ0v) is 28.2. The summed E-state index contributed by atoms with van der Waals surface area (Å²) in [5.41, 5.74) is 2.13. The van der Waals surface area contributed by atoms with Crippen molar-refractivity contribution in [2.75, 3.05) is 16.8 Å². The van der Waals surface area contributed by atoms with Gasteiger partial charge in [0, 0.05) is 36.2 Å². The Kier molecular flexibility index (Phi) is 7.31. The molecule has 228 valence electrons. The third-order valence-corrected chi connectivity index (χ3v) is 13.1. The SMILES string of the molecule is O=C(COc1ccc(Br)cc1[C@H]1c2sc(=O)[nH]c2SC2C1[C@H]1C[C@@H]2C2C(=O)N(c3ccc(Br)cc3)C(=O)C21)Nc1ccccc1. The molecule has 2 saturated carbocycles. The van der Waals surface area contributed by atoms with E-state index in [1.807, 2.05) is 60.7 Å². The molecule has 3 aromatic carbocycles. The second-order valence-electron chi connectivity index (χ2n) is 11.8. The molecule has 3 fully saturated rings. The number of carbonyl (C=O) groups excluding carboxylic acids is 3. The molecule has 2 bridgehead atoms. The summed E-state index contributed by atoms with van der Waals surface area (Å²) in [6, 6.07) is 22.2. The van der Waals surface area contributed by atoms with Gasteiger partial charge in [0.15, 0.2) is 6.61 Å². The Labute approximate surface area is 283 Å². The quantitative estimate of drug-likeness (QED) is 0.213. The number of nitrogens with one attached hydrogen (secondary N) is 2. The highest BCUT2D eigenvalue weighted by atomic mass is 79.9. The molecule has 12 heteroatoms. The number of amides is 3. The first-order valence-electron chi connectivity index (χ1n) is 14.6. The van der Waals surface area contributed by atoms with Crippen molar-refractivity contribution in [3.05, 3.63) is 102 Å². The van der Waals surface area contributed by atoms with Crippen LogP contribution in [0.5, 0.6) is 5.75 Å². The van der Waals surface area contributed by atoms with Gasteiger partial charge in [0.05, 0.1) is 22.5 Å². The minimum absolute atomic E-state index is 0.000813. The van der Waals surface area contributed by atoms with Gasteiger partial charge in [0.2, 0.25) is 11.8 Å². The molecule has 0 radical (unpaired) electrons. The molecule has 3 amide bonds. The minimum Gasteiger partial charge on any atom is -0.483 e. The molecular weight excluding hydrogens is 742 g/mol. The van der Waals surface area contributed by atoms with Crippen molar-refractivity contribution >= 4 is 84.1 Å². The predicted molar refractivity (Wildman–Crippen MR) is 180 cm³/mol. The number of para-hydroxylation sites is 1. The third-order valence-electron chi connectivity index (χ3n) is 9.53. The number of aromatic nitrogens is 1. The zero-order chi connectivity index (χ0) is 31.0. The van der Waals surface area contributed by atoms with Crippen molar-refractivity contribution in [1.29, 1.82) is 0 Å². The van der Waals surface area contributed by atoms with E-state index in [2.05, 4.69) is 42.2 Å². The summed E-state index contributed by atoms with van der Waals surface area (Å²) >= 11 is 9.90. The lowest BCUT2D eigenvalue weighted by Gasteiger charge is -2.43. The normalized spacial score (nSPS) is 27.7. The number of imide groups is 1. The highest BCUT2D eigenvalue weighted by Gasteiger charge is 2.69. The summed E-state index contributed by atoms with van der Waals surface area (Å²) in [5, 5.41) is 3.71. The number of H-pyrrole nitrogens is 1. The summed E-state index contributed by atoms with van der Waals surface area (Å²) in [6.45, 7) is -0.193. The van der Waals surface area contributed by atoms with E-state index in [1.165, 1.54) is 16.2 Å². The van der Waals surface area contributed by atoms with Gasteiger partial charge in [0.25, 0.3) is 5.91 Å². The van der Waals surface area contributed by atoms with Crippen molar-refractivity contribution in [2.24, 2.45) is 29.6 Å². The molecule has 4 aliphatic rings. The molecule has 1 saturated heterocycles. The van der Waals surface area contributed by atoms with Crippen molar-refractivity contribution in [3.8, 4) is 5.75 Å². The molecule has 8 rings (SSSR count). The number of carbonyl (C=O) groups is 3. The molecule has 3 heterocycles. The number of thiazole rings is 1. The third kappa shape index (κ3) is 4.83. The number of ether oxygens (including phenoxy) is 1. The van der Waals surface area contributed by atoms with E-state index in [9.17, 15) is 19.2 Å². The first kappa shape index (κ1) is 29.2. The van der Waals surface area contributed by atoms with Crippen LogP contribution in [0, 0.1) is 29.6 Å². The first-order chi connectivity index (χ1) is 21.8. The second kappa shape index (κ2) is 11.3. The molecule has 2 N–H and O–H groups in total. The molecule has 2 aliphatic carbocycles. The van der Waals surface area contributed by atoms with E-state index in [0.717, 1.165) is 30.8 Å². The fourth-order valence-electron chi connectivity index (χ4n) is 7.97. The fourth-order valence-corrected chi connectivity index (χ4v) is 11.5. The summed E-state index contributed by atoms with van der Waals surface area (Å²) in [7, 11) is 0. The van der Waals surface area contributed by atoms with Crippen molar-refractivity contribution in [1.82, 2.24) is 4.98 Å². The summed E-state index contributed by atoms with van der Waals surface area (Å²) in [5.74, 6) is -1.10. The summed E-state index contributed by atoms with van der Waals surface area (Å²) in [4.78, 5) is 58.7. The van der Waals surface area contributed by atoms with Crippen LogP contribution in [0.1, 0.15) is 22.8 Å². The first-order valence-corrected chi connectivity index (χ1v) is 17.9. The number of thioether (sulfide) groups is 1. The van der Waals surface area contributed by atoms with Crippen LogP contribution in [0.25, 0.3) is 0 Å². The van der Waals surface area contributed by atoms with E-state index >= 15 is 0 Å². The molecule has 1 aromatic heterocycles. The Balaban J connectivity index is 1.15. The van der Waals surface area contributed by atoms with Gasteiger partial charge in [-0.25, -0.2) is 0 Å². The summed E-state index contributed by atoms with van der Waals surface area (Å²) < 4.78 is 7.90. The van der Waals surface area contributed by atoms with E-state index < -0.39 is 5.92 Å². The average Bonchev–Trinajstić information content (AvgIpc) is 3.76. The van der Waals surface area contributed by atoms with E-state index in [4.69, 9.17) is 4.74 Å². The number of benzene rings is 3. The van der Waals surface area contributed by atoms with Crippen LogP contribution in [0.4, 0.5) is 11.4 Å². The molecule has 4 aromatic rings. The number of hydrogen-bond acceptors (Lipinski definition) is 7. The highest BCUT2D eigenvalue weighted by Crippen LogP contribution is 2.69. The Morgan fingerprint density at radius 3 is 2.40 bits per heavy atom. The predicted octanol–water partition coefficient (Wildman–Crippen LogP) is 6.66. The number of halogens is 2. The lowest BCUT2D eigenvalue weighted by atomic mass is 9.68. The standard InChI is InChI=1S/C33H25Br2N3O5S2/c34-15-6-9-18(10-7-15)38-31(40)26-20-13-21(27(26)32(38)41)28-25(20)24(29-30(44-28)37-33(42)45-29)19-12-16(35)8-11-22(19)43-14-23(39)36-17-4-2-1-3-5-17/h1-12,20-21,24-28H,13-14H2,(H,36,39)(H,37,42)/t20-,21-,24-,25?,26?,27?,28?/m1/s1. The van der Waals surface area contributed by atoms with Crippen LogP contribution in [-0.2, 0) is 14.4 Å². The Morgan fingerprint density at radius 1 is 0.933 bits per heavy atom. The van der Waals surface area contributed by atoms with Gasteiger partial charge in [0.1, 0.15) is 5.75 Å². The van der Waals surface area contributed by atoms with Crippen LogP contribution < -0.4 is 19.8 Å². The number of hydrogen-bond donors (Lipinski definition) is 2. The maximum Gasteiger partial charge on any atom is 0.305 e. The average molecular weight is 768 g/mol. The maximum atomic E-state index is 14.0. The largest absolute Gasteiger partial charge is 0.483 e. The minimum atomic E-state index is -0.416. The maximum absolute atomic E-state index is 14.0. The van der Waals surface area contributed by atoms with Gasteiger partial charge >= 0.3 is 4.87 Å². The monoisotopic (exact) mass is 765 g/mol. The van der Waals surface area contributed by atoms with Gasteiger partial charge in [-0.2, -0.15) is 0 Å². The molecule has 0 spiro atoms. The van der Waals surface area contributed by atoms with Gasteiger partial charge in [-0.05, 0) is 78.8 Å². The van der Waals surface area contributed by atoms with E-state index in [1.54, 1.807) is 23.9 Å². The Bertz CT molecular complexity index is 1910. The highest BCUT2D eigenvalue weighted by molar-refractivity contribution is 9.10. The van der Waals surface area contributed by atoms with E-state index in [-0.39, 0.29) is 64.0 Å². The van der Waals surface area contributed by atoms with Crippen molar-refractivity contribution in [3.63, 3.8) is 0 Å². The van der Waals surface area contributed by atoms with Crippen LogP contribution in [0.15, 0.2) is 91.6 Å². The zero-order valence-electron chi connectivity index (χ0n) is 23.4. The molecule has 2 aliphatic heterocycles. The van der Waals surface area contributed by atoms with Gasteiger partial charge in [-0.1, -0.05) is 61.4 Å². The number of anilines is 2. The molecule has 8 nitrogen and oxygen atoms in total. The van der Waals surface area contributed by atoms with Crippen LogP contribution in [0.2, 0.25) is 0 Å². The van der Waals surface area contributed by atoms with Crippen molar-refractivity contribution in [2.45, 2.75) is 22.6 Å². The van der Waals surface area contributed by atoms with Crippen LogP contribution in [-0.4, -0.2) is 34.6 Å². The smallest absolute Gasteiger partial charge is 0.305 e. The fraction of sp³-hybridized carbons (Fsp3) is 0.273. The molecular formula is C33H25Br2N3O5S2. The van der Waals surface area contributed by atoms with E-state index in [0.29, 0.717) is 17.1 Å². The van der Waals surface area contributed by atoms with Crippen molar-refractivity contribution < 1.29 is 19.1 Å². The van der Waals surface area contributed by atoms with Crippen LogP contribution in [0.3, 0.4) is 0 Å². The lowest BCUT2D eigenvalue weighted by molar-refractivity contribution is -0.123. The Hall–Kier alpha value is -3.19. The number of nitrogens with zero attached hydrogens (tertiary/aromatic N) is 1. The van der Waals surface area contributed by atoms with Gasteiger partial charge in [-0.3, -0.25) is 24.1 Å². The number of rotatable bonds is 6. The molecule has 45 heavy (non-hydrogen) atoms. The molecule has 4 unspecified atom stereocenters. The van der Waals surface area contributed by atoms with Crippen LogP contribution >= 0.6 is 55.0 Å². The topological polar surface area (TPSA) is 109 Å². The number of aromatic amines is 1. The van der Waals surface area contributed by atoms with Gasteiger partial charge < -0.3 is 15.0 Å². The lowest BCUT2D eigenvalue weighted by Crippen LogP contribution is -2.42. The Morgan fingerprint density at radius 2 is 1.64 bits per heavy atom. The summed E-state index contributed by atoms with van der Waals surface area (Å²) in [6.07, 6.45) is 0.780. The number of fused-ring (bicyclic) bond motifs is 9. The molecule has 7 atom stereocenters.